The molecule has 5 heteroatoms. The third-order valence-corrected chi connectivity index (χ3v) is 3.43. The molecule has 92 valence electrons. The van der Waals surface area contributed by atoms with Gasteiger partial charge in [-0.1, -0.05) is 23.7 Å². The summed E-state index contributed by atoms with van der Waals surface area (Å²) in [4.78, 5) is 3.11. The molecule has 0 saturated heterocycles. The number of rotatable bonds is 1. The molecular formula is C14H8ClN3S. The molecule has 1 heterocycles. The lowest BCUT2D eigenvalue weighted by Crippen LogP contribution is -1.97. The maximum atomic E-state index is 9.20. The molecular weight excluding hydrogens is 278 g/mol. The minimum Gasteiger partial charge on any atom is -0.330 e. The second-order valence-electron chi connectivity index (χ2n) is 4.06. The highest BCUT2D eigenvalue weighted by atomic mass is 35.5. The molecule has 0 radical (unpaired) electrons. The van der Waals surface area contributed by atoms with E-state index < -0.39 is 0 Å². The number of benzene rings is 2. The molecule has 0 aliphatic rings. The first kappa shape index (κ1) is 12.0. The average molecular weight is 286 g/mol. The van der Waals surface area contributed by atoms with Crippen molar-refractivity contribution in [3.05, 3.63) is 57.8 Å². The lowest BCUT2D eigenvalue weighted by atomic mass is 10.2. The molecule has 1 N–H and O–H groups in total. The van der Waals surface area contributed by atoms with Gasteiger partial charge < -0.3 is 4.98 Å². The maximum absolute atomic E-state index is 9.20. The van der Waals surface area contributed by atoms with Crippen LogP contribution in [0.3, 0.4) is 0 Å². The van der Waals surface area contributed by atoms with Gasteiger partial charge in [0, 0.05) is 5.02 Å². The average Bonchev–Trinajstić information content (AvgIpc) is 2.74. The Balaban J connectivity index is 2.43. The van der Waals surface area contributed by atoms with E-state index in [0.29, 0.717) is 15.4 Å². The smallest absolute Gasteiger partial charge is 0.182 e. The number of hydrogen-bond donors (Lipinski definition) is 1. The van der Waals surface area contributed by atoms with Crippen molar-refractivity contribution in [1.29, 1.82) is 5.26 Å². The van der Waals surface area contributed by atoms with E-state index in [9.17, 15) is 5.26 Å². The zero-order valence-corrected chi connectivity index (χ0v) is 11.3. The van der Waals surface area contributed by atoms with Gasteiger partial charge in [0.05, 0.1) is 22.3 Å². The van der Waals surface area contributed by atoms with Gasteiger partial charge in [-0.3, -0.25) is 4.57 Å². The summed E-state index contributed by atoms with van der Waals surface area (Å²) >= 11 is 11.4. The van der Waals surface area contributed by atoms with E-state index in [1.165, 1.54) is 0 Å². The highest BCUT2D eigenvalue weighted by molar-refractivity contribution is 7.71. The Morgan fingerprint density at radius 3 is 2.79 bits per heavy atom. The first-order valence-corrected chi connectivity index (χ1v) is 6.39. The number of nitrogens with zero attached hydrogens (tertiary/aromatic N) is 2. The fourth-order valence-corrected chi connectivity index (χ4v) is 2.55. The first-order chi connectivity index (χ1) is 9.20. The summed E-state index contributed by atoms with van der Waals surface area (Å²) in [6.07, 6.45) is 0. The summed E-state index contributed by atoms with van der Waals surface area (Å²) in [5, 5.41) is 9.83. The van der Waals surface area contributed by atoms with Crippen LogP contribution in [0.25, 0.3) is 16.7 Å². The van der Waals surface area contributed by atoms with Gasteiger partial charge in [-0.05, 0) is 42.5 Å². The van der Waals surface area contributed by atoms with E-state index in [4.69, 9.17) is 23.8 Å². The SMILES string of the molecule is N#Cc1ccccc1-n1c(=S)[nH]c2ccc(Cl)cc21. The van der Waals surface area contributed by atoms with Crippen LogP contribution in [0.1, 0.15) is 5.56 Å². The number of fused-ring (bicyclic) bond motifs is 1. The predicted molar refractivity (Wildman–Crippen MR) is 78.2 cm³/mol. The molecule has 0 bridgehead atoms. The summed E-state index contributed by atoms with van der Waals surface area (Å²) in [7, 11) is 0. The normalized spacial score (nSPS) is 10.5. The van der Waals surface area contributed by atoms with Crippen LogP contribution in [0.15, 0.2) is 42.5 Å². The van der Waals surface area contributed by atoms with Crippen molar-refractivity contribution in [2.24, 2.45) is 0 Å². The molecule has 19 heavy (non-hydrogen) atoms. The second kappa shape index (κ2) is 4.54. The van der Waals surface area contributed by atoms with Gasteiger partial charge in [-0.15, -0.1) is 0 Å². The number of aromatic amines is 1. The zero-order chi connectivity index (χ0) is 13.4. The van der Waals surface area contributed by atoms with Crippen LogP contribution < -0.4 is 0 Å². The third kappa shape index (κ3) is 1.93. The molecule has 3 rings (SSSR count). The lowest BCUT2D eigenvalue weighted by Gasteiger charge is -2.06. The Labute approximate surface area is 119 Å². The molecule has 0 aliphatic heterocycles. The number of nitriles is 1. The molecule has 0 atom stereocenters. The van der Waals surface area contributed by atoms with E-state index in [2.05, 4.69) is 11.1 Å². The molecule has 0 spiro atoms. The summed E-state index contributed by atoms with van der Waals surface area (Å²) in [5.74, 6) is 0. The Morgan fingerprint density at radius 1 is 1.21 bits per heavy atom. The highest BCUT2D eigenvalue weighted by Gasteiger charge is 2.10. The van der Waals surface area contributed by atoms with Gasteiger partial charge in [-0.2, -0.15) is 5.26 Å². The van der Waals surface area contributed by atoms with Crippen molar-refractivity contribution in [3.63, 3.8) is 0 Å². The minimum absolute atomic E-state index is 0.542. The van der Waals surface area contributed by atoms with Crippen molar-refractivity contribution in [1.82, 2.24) is 9.55 Å². The summed E-state index contributed by atoms with van der Waals surface area (Å²) in [6, 6.07) is 15.0. The molecule has 1 aromatic heterocycles. The van der Waals surface area contributed by atoms with Gasteiger partial charge in [0.1, 0.15) is 6.07 Å². The van der Waals surface area contributed by atoms with Gasteiger partial charge in [0.2, 0.25) is 0 Å². The van der Waals surface area contributed by atoms with Crippen LogP contribution in [0.5, 0.6) is 0 Å². The quantitative estimate of drug-likeness (QED) is 0.681. The van der Waals surface area contributed by atoms with Crippen LogP contribution in [-0.4, -0.2) is 9.55 Å². The Kier molecular flexibility index (Phi) is 2.86. The molecule has 3 nitrogen and oxygen atoms in total. The number of hydrogen-bond acceptors (Lipinski definition) is 2. The molecule has 2 aromatic carbocycles. The van der Waals surface area contributed by atoms with Crippen LogP contribution in [0, 0.1) is 16.1 Å². The number of aromatic nitrogens is 2. The fraction of sp³-hybridized carbons (Fsp3) is 0. The fourth-order valence-electron chi connectivity index (χ4n) is 2.08. The summed E-state index contributed by atoms with van der Waals surface area (Å²) < 4.78 is 2.37. The summed E-state index contributed by atoms with van der Waals surface area (Å²) in [5.41, 5.74) is 3.07. The Hall–Kier alpha value is -2.09. The molecule has 0 unspecified atom stereocenters. The third-order valence-electron chi connectivity index (χ3n) is 2.91. The minimum atomic E-state index is 0.542. The predicted octanol–water partition coefficient (Wildman–Crippen LogP) is 4.21. The topological polar surface area (TPSA) is 44.5 Å². The number of nitrogens with one attached hydrogen (secondary N) is 1. The lowest BCUT2D eigenvalue weighted by molar-refractivity contribution is 1.06. The van der Waals surface area contributed by atoms with Gasteiger partial charge in [0.15, 0.2) is 4.77 Å². The highest BCUT2D eigenvalue weighted by Crippen LogP contribution is 2.24. The van der Waals surface area contributed by atoms with Crippen LogP contribution in [-0.2, 0) is 0 Å². The Bertz CT molecular complexity index is 870. The van der Waals surface area contributed by atoms with Gasteiger partial charge >= 0.3 is 0 Å². The van der Waals surface area contributed by atoms with E-state index in [1.54, 1.807) is 12.1 Å². The van der Waals surface area contributed by atoms with Crippen molar-refractivity contribution in [3.8, 4) is 11.8 Å². The number of imidazole rings is 1. The largest absolute Gasteiger partial charge is 0.330 e. The first-order valence-electron chi connectivity index (χ1n) is 5.60. The molecule has 0 aliphatic carbocycles. The van der Waals surface area contributed by atoms with E-state index in [-0.39, 0.29) is 0 Å². The van der Waals surface area contributed by atoms with Crippen LogP contribution in [0.4, 0.5) is 0 Å². The van der Waals surface area contributed by atoms with Crippen LogP contribution in [0.2, 0.25) is 5.02 Å². The van der Waals surface area contributed by atoms with Gasteiger partial charge in [0.25, 0.3) is 0 Å². The van der Waals surface area contributed by atoms with Crippen molar-refractivity contribution < 1.29 is 0 Å². The zero-order valence-electron chi connectivity index (χ0n) is 9.72. The summed E-state index contributed by atoms with van der Waals surface area (Å²) in [6.45, 7) is 0. The molecule has 0 saturated carbocycles. The van der Waals surface area contributed by atoms with Crippen molar-refractivity contribution in [2.75, 3.05) is 0 Å². The van der Waals surface area contributed by atoms with Crippen molar-refractivity contribution in [2.45, 2.75) is 0 Å². The second-order valence-corrected chi connectivity index (χ2v) is 4.88. The molecule has 0 amide bonds. The van der Waals surface area contributed by atoms with E-state index in [1.807, 2.05) is 34.9 Å². The standard InChI is InChI=1S/C14H8ClN3S/c15-10-5-6-11-13(7-10)18(14(19)17-11)12-4-2-1-3-9(12)8-16/h1-7H,(H,17,19). The van der Waals surface area contributed by atoms with E-state index in [0.717, 1.165) is 16.7 Å². The maximum Gasteiger partial charge on any atom is 0.182 e. The van der Waals surface area contributed by atoms with Crippen LogP contribution >= 0.6 is 23.8 Å². The molecule has 3 aromatic rings. The monoisotopic (exact) mass is 285 g/mol. The number of H-pyrrole nitrogens is 1. The van der Waals surface area contributed by atoms with Gasteiger partial charge in [-0.25, -0.2) is 0 Å². The number of halogens is 1. The Morgan fingerprint density at radius 2 is 2.00 bits per heavy atom. The number of para-hydroxylation sites is 1. The van der Waals surface area contributed by atoms with E-state index >= 15 is 0 Å². The van der Waals surface area contributed by atoms with Crippen molar-refractivity contribution >= 4 is 34.9 Å². The molecule has 0 fully saturated rings.